The molecular formula is C12H21NO2. The molecule has 2 amide bonds. The SMILES string of the molecule is CC(C)CC1C(=O)NC(=O)CC1C(C)C. The number of carbonyl (C=O) groups is 2. The summed E-state index contributed by atoms with van der Waals surface area (Å²) in [6.45, 7) is 8.40. The third-order valence-electron chi connectivity index (χ3n) is 3.12. The van der Waals surface area contributed by atoms with Crippen LogP contribution in [0.25, 0.3) is 0 Å². The molecule has 0 bridgehead atoms. The Morgan fingerprint density at radius 3 is 2.33 bits per heavy atom. The summed E-state index contributed by atoms with van der Waals surface area (Å²) in [5.41, 5.74) is 0. The molecule has 0 aromatic carbocycles. The van der Waals surface area contributed by atoms with E-state index in [0.717, 1.165) is 6.42 Å². The lowest BCUT2D eigenvalue weighted by molar-refractivity contribution is -0.140. The molecular weight excluding hydrogens is 190 g/mol. The topological polar surface area (TPSA) is 46.2 Å². The highest BCUT2D eigenvalue weighted by Gasteiger charge is 2.37. The summed E-state index contributed by atoms with van der Waals surface area (Å²) in [7, 11) is 0. The standard InChI is InChI=1S/C12H21NO2/c1-7(2)5-10-9(8(3)4)6-11(14)13-12(10)15/h7-10H,5-6H2,1-4H3,(H,13,14,15). The minimum absolute atomic E-state index is 0.0164. The molecule has 3 heteroatoms. The van der Waals surface area contributed by atoms with Gasteiger partial charge in [-0.2, -0.15) is 0 Å². The van der Waals surface area contributed by atoms with Crippen molar-refractivity contribution in [2.24, 2.45) is 23.7 Å². The van der Waals surface area contributed by atoms with Crippen molar-refractivity contribution in [2.45, 2.75) is 40.5 Å². The fourth-order valence-corrected chi connectivity index (χ4v) is 2.32. The van der Waals surface area contributed by atoms with Gasteiger partial charge in [0.15, 0.2) is 0 Å². The minimum Gasteiger partial charge on any atom is -0.296 e. The maximum Gasteiger partial charge on any atom is 0.229 e. The van der Waals surface area contributed by atoms with E-state index in [1.54, 1.807) is 0 Å². The molecule has 2 atom stereocenters. The summed E-state index contributed by atoms with van der Waals surface area (Å²) < 4.78 is 0. The Hall–Kier alpha value is -0.860. The number of hydrogen-bond acceptors (Lipinski definition) is 2. The molecule has 0 aliphatic carbocycles. The lowest BCUT2D eigenvalue weighted by Gasteiger charge is -2.33. The lowest BCUT2D eigenvalue weighted by Crippen LogP contribution is -2.47. The molecule has 1 fully saturated rings. The second-order valence-electron chi connectivity index (χ2n) is 5.26. The van der Waals surface area contributed by atoms with Crippen LogP contribution in [0.2, 0.25) is 0 Å². The number of imide groups is 1. The van der Waals surface area contributed by atoms with Crippen molar-refractivity contribution in [1.29, 1.82) is 0 Å². The van der Waals surface area contributed by atoms with Gasteiger partial charge in [0, 0.05) is 12.3 Å². The molecule has 0 radical (unpaired) electrons. The van der Waals surface area contributed by atoms with Gasteiger partial charge in [-0.25, -0.2) is 0 Å². The minimum atomic E-state index is -0.112. The predicted molar refractivity (Wildman–Crippen MR) is 59.0 cm³/mol. The number of carbonyl (C=O) groups excluding carboxylic acids is 2. The molecule has 0 spiro atoms. The molecule has 1 heterocycles. The van der Waals surface area contributed by atoms with Gasteiger partial charge >= 0.3 is 0 Å². The zero-order chi connectivity index (χ0) is 11.6. The highest BCUT2D eigenvalue weighted by Crippen LogP contribution is 2.32. The Morgan fingerprint density at radius 1 is 1.27 bits per heavy atom. The fraction of sp³-hybridized carbons (Fsp3) is 0.833. The highest BCUT2D eigenvalue weighted by molar-refractivity contribution is 5.99. The second-order valence-corrected chi connectivity index (χ2v) is 5.26. The summed E-state index contributed by atoms with van der Waals surface area (Å²) in [6, 6.07) is 0. The van der Waals surface area contributed by atoms with E-state index in [4.69, 9.17) is 0 Å². The summed E-state index contributed by atoms with van der Waals surface area (Å²) in [4.78, 5) is 23.0. The van der Waals surface area contributed by atoms with Crippen molar-refractivity contribution in [3.8, 4) is 0 Å². The van der Waals surface area contributed by atoms with Crippen LogP contribution in [0.3, 0.4) is 0 Å². The van der Waals surface area contributed by atoms with Crippen molar-refractivity contribution >= 4 is 11.8 Å². The average Bonchev–Trinajstić information content (AvgIpc) is 2.08. The smallest absolute Gasteiger partial charge is 0.229 e. The van der Waals surface area contributed by atoms with Crippen molar-refractivity contribution in [1.82, 2.24) is 5.32 Å². The second kappa shape index (κ2) is 4.77. The maximum atomic E-state index is 11.7. The van der Waals surface area contributed by atoms with Crippen LogP contribution >= 0.6 is 0 Å². The van der Waals surface area contributed by atoms with Crippen molar-refractivity contribution in [3.05, 3.63) is 0 Å². The van der Waals surface area contributed by atoms with Gasteiger partial charge in [-0.3, -0.25) is 14.9 Å². The third kappa shape index (κ3) is 3.05. The molecule has 2 unspecified atom stereocenters. The molecule has 1 rings (SSSR count). The number of amides is 2. The maximum absolute atomic E-state index is 11.7. The first kappa shape index (κ1) is 12.2. The number of rotatable bonds is 3. The van der Waals surface area contributed by atoms with Gasteiger partial charge in [-0.1, -0.05) is 27.7 Å². The molecule has 0 saturated carbocycles. The van der Waals surface area contributed by atoms with E-state index < -0.39 is 0 Å². The molecule has 3 nitrogen and oxygen atoms in total. The first-order chi connectivity index (χ1) is 6.91. The molecule has 1 saturated heterocycles. The van der Waals surface area contributed by atoms with Gasteiger partial charge in [-0.05, 0) is 24.2 Å². The highest BCUT2D eigenvalue weighted by atomic mass is 16.2. The monoisotopic (exact) mass is 211 g/mol. The van der Waals surface area contributed by atoms with Gasteiger partial charge in [0.1, 0.15) is 0 Å². The Balaban J connectivity index is 2.77. The first-order valence-electron chi connectivity index (χ1n) is 5.75. The van der Waals surface area contributed by atoms with E-state index in [-0.39, 0.29) is 23.7 Å². The fourth-order valence-electron chi connectivity index (χ4n) is 2.32. The van der Waals surface area contributed by atoms with E-state index in [1.807, 2.05) is 0 Å². The molecule has 0 aromatic heterocycles. The molecule has 1 N–H and O–H groups in total. The van der Waals surface area contributed by atoms with E-state index in [2.05, 4.69) is 33.0 Å². The van der Waals surface area contributed by atoms with Crippen molar-refractivity contribution in [3.63, 3.8) is 0 Å². The molecule has 1 aliphatic heterocycles. The summed E-state index contributed by atoms with van der Waals surface area (Å²) >= 11 is 0. The molecule has 86 valence electrons. The Labute approximate surface area is 91.6 Å². The number of hydrogen-bond donors (Lipinski definition) is 1. The van der Waals surface area contributed by atoms with Gasteiger partial charge in [0.2, 0.25) is 11.8 Å². The number of piperidine rings is 1. The average molecular weight is 211 g/mol. The Kier molecular flexibility index (Phi) is 3.89. The molecule has 0 aromatic rings. The normalized spacial score (nSPS) is 27.3. The van der Waals surface area contributed by atoms with Crippen LogP contribution in [0.1, 0.15) is 40.5 Å². The van der Waals surface area contributed by atoms with Crippen LogP contribution < -0.4 is 5.32 Å². The zero-order valence-electron chi connectivity index (χ0n) is 10.0. The van der Waals surface area contributed by atoms with Crippen molar-refractivity contribution < 1.29 is 9.59 Å². The molecule has 15 heavy (non-hydrogen) atoms. The lowest BCUT2D eigenvalue weighted by atomic mass is 9.74. The Bertz CT molecular complexity index is 258. The zero-order valence-corrected chi connectivity index (χ0v) is 10.0. The van der Waals surface area contributed by atoms with Gasteiger partial charge in [0.05, 0.1) is 0 Å². The van der Waals surface area contributed by atoms with Crippen LogP contribution in [0.5, 0.6) is 0 Å². The quantitative estimate of drug-likeness (QED) is 0.725. The van der Waals surface area contributed by atoms with E-state index in [0.29, 0.717) is 18.3 Å². The third-order valence-corrected chi connectivity index (χ3v) is 3.12. The summed E-state index contributed by atoms with van der Waals surface area (Å²) in [6.07, 6.45) is 1.38. The van der Waals surface area contributed by atoms with Gasteiger partial charge < -0.3 is 0 Å². The van der Waals surface area contributed by atoms with E-state index in [9.17, 15) is 9.59 Å². The van der Waals surface area contributed by atoms with Crippen LogP contribution in [0.4, 0.5) is 0 Å². The summed E-state index contributed by atoms with van der Waals surface area (Å²) in [5, 5.41) is 2.44. The van der Waals surface area contributed by atoms with Crippen LogP contribution in [-0.4, -0.2) is 11.8 Å². The van der Waals surface area contributed by atoms with Crippen molar-refractivity contribution in [2.75, 3.05) is 0 Å². The van der Waals surface area contributed by atoms with Crippen LogP contribution in [-0.2, 0) is 9.59 Å². The predicted octanol–water partition coefficient (Wildman–Crippen LogP) is 1.97. The van der Waals surface area contributed by atoms with Gasteiger partial charge in [-0.15, -0.1) is 0 Å². The van der Waals surface area contributed by atoms with Crippen LogP contribution in [0.15, 0.2) is 0 Å². The largest absolute Gasteiger partial charge is 0.296 e. The van der Waals surface area contributed by atoms with Crippen LogP contribution in [0, 0.1) is 23.7 Å². The Morgan fingerprint density at radius 2 is 1.87 bits per heavy atom. The first-order valence-corrected chi connectivity index (χ1v) is 5.75. The van der Waals surface area contributed by atoms with E-state index in [1.165, 1.54) is 0 Å². The van der Waals surface area contributed by atoms with E-state index >= 15 is 0 Å². The summed E-state index contributed by atoms with van der Waals surface area (Å²) in [5.74, 6) is 0.938. The molecule has 1 aliphatic rings. The number of nitrogens with one attached hydrogen (secondary N) is 1. The van der Waals surface area contributed by atoms with Gasteiger partial charge in [0.25, 0.3) is 0 Å².